The Morgan fingerprint density at radius 1 is 0.947 bits per heavy atom. The Morgan fingerprint density at radius 3 is 2.05 bits per heavy atom. The van der Waals surface area contributed by atoms with Gasteiger partial charge in [0.05, 0.1) is 0 Å². The molecule has 0 unspecified atom stereocenters. The van der Waals surface area contributed by atoms with Crippen LogP contribution < -0.4 is 10.8 Å². The highest BCUT2D eigenvalue weighted by molar-refractivity contribution is 5.67. The fourth-order valence-corrected chi connectivity index (χ4v) is 2.32. The van der Waals surface area contributed by atoms with Crippen molar-refractivity contribution in [3.63, 3.8) is 0 Å². The molecule has 2 rings (SSSR count). The monoisotopic (exact) mass is 256 g/mol. The van der Waals surface area contributed by atoms with Crippen LogP contribution in [0.3, 0.4) is 0 Å². The summed E-state index contributed by atoms with van der Waals surface area (Å²) in [6, 6.07) is 12.4. The third-order valence-electron chi connectivity index (χ3n) is 3.18. The van der Waals surface area contributed by atoms with Gasteiger partial charge in [-0.3, -0.25) is 0 Å². The van der Waals surface area contributed by atoms with E-state index in [1.54, 1.807) is 0 Å². The number of rotatable bonds is 4. The minimum atomic E-state index is 0.461. The average molecular weight is 256 g/mol. The van der Waals surface area contributed by atoms with Gasteiger partial charge in [0.1, 0.15) is 0 Å². The summed E-state index contributed by atoms with van der Waals surface area (Å²) in [6.07, 6.45) is 0. The van der Waals surface area contributed by atoms with Gasteiger partial charge in [-0.05, 0) is 49.6 Å². The van der Waals surface area contributed by atoms with E-state index >= 15 is 0 Å². The van der Waals surface area contributed by atoms with Crippen molar-refractivity contribution in [2.75, 3.05) is 5.32 Å². The zero-order valence-electron chi connectivity index (χ0n) is 11.6. The van der Waals surface area contributed by atoms with Crippen LogP contribution in [0.1, 0.15) is 22.3 Å². The van der Waals surface area contributed by atoms with Crippen LogP contribution in [0.25, 0.3) is 0 Å². The van der Waals surface area contributed by atoms with Crippen LogP contribution >= 0.6 is 0 Å². The Hall–Kier alpha value is -1.84. The standard InChI is InChI=1S/C16H20N2O/c1-11-8-12(2)16(13(3)9-11)18-15-6-4-14(5-7-15)10-17-19/h4-9,17-19H,10H2,1-3H3. The number of benzene rings is 2. The predicted molar refractivity (Wildman–Crippen MR) is 79.0 cm³/mol. The molecule has 0 spiro atoms. The summed E-state index contributed by atoms with van der Waals surface area (Å²) in [5.41, 5.74) is 9.20. The van der Waals surface area contributed by atoms with E-state index in [-0.39, 0.29) is 0 Å². The first-order valence-electron chi connectivity index (χ1n) is 6.41. The molecule has 0 fully saturated rings. The summed E-state index contributed by atoms with van der Waals surface area (Å²) >= 11 is 0. The molecule has 0 aliphatic heterocycles. The molecule has 0 aliphatic carbocycles. The number of aryl methyl sites for hydroxylation is 3. The lowest BCUT2D eigenvalue weighted by atomic mass is 10.0. The molecule has 3 N–H and O–H groups in total. The Morgan fingerprint density at radius 2 is 1.53 bits per heavy atom. The Balaban J connectivity index is 2.21. The maximum absolute atomic E-state index is 8.66. The highest BCUT2D eigenvalue weighted by atomic mass is 16.5. The smallest absolute Gasteiger partial charge is 0.0458 e. The Kier molecular flexibility index (Phi) is 4.20. The van der Waals surface area contributed by atoms with E-state index < -0.39 is 0 Å². The summed E-state index contributed by atoms with van der Waals surface area (Å²) < 4.78 is 0. The van der Waals surface area contributed by atoms with Crippen LogP contribution in [-0.2, 0) is 6.54 Å². The SMILES string of the molecule is Cc1cc(C)c(Nc2ccc(CNO)cc2)c(C)c1. The van der Waals surface area contributed by atoms with Gasteiger partial charge in [-0.25, -0.2) is 5.48 Å². The molecule has 0 bridgehead atoms. The molecule has 0 aliphatic rings. The Bertz CT molecular complexity index is 538. The van der Waals surface area contributed by atoms with Crippen molar-refractivity contribution >= 4 is 11.4 Å². The third kappa shape index (κ3) is 3.34. The van der Waals surface area contributed by atoms with E-state index in [1.807, 2.05) is 24.3 Å². The molecule has 19 heavy (non-hydrogen) atoms. The minimum Gasteiger partial charge on any atom is -0.355 e. The number of hydrogen-bond donors (Lipinski definition) is 3. The Labute approximate surface area is 114 Å². The van der Waals surface area contributed by atoms with Gasteiger partial charge in [0, 0.05) is 17.9 Å². The lowest BCUT2D eigenvalue weighted by Crippen LogP contribution is -2.05. The zero-order valence-corrected chi connectivity index (χ0v) is 11.6. The van der Waals surface area contributed by atoms with Crippen LogP contribution in [0.5, 0.6) is 0 Å². The van der Waals surface area contributed by atoms with E-state index in [0.29, 0.717) is 6.54 Å². The van der Waals surface area contributed by atoms with Gasteiger partial charge in [0.25, 0.3) is 0 Å². The number of anilines is 2. The van der Waals surface area contributed by atoms with Crippen molar-refractivity contribution in [2.24, 2.45) is 0 Å². The molecule has 3 nitrogen and oxygen atoms in total. The summed E-state index contributed by atoms with van der Waals surface area (Å²) in [5, 5.41) is 12.1. The van der Waals surface area contributed by atoms with Gasteiger partial charge in [-0.15, -0.1) is 0 Å². The van der Waals surface area contributed by atoms with E-state index in [2.05, 4.69) is 43.7 Å². The number of hydrogen-bond acceptors (Lipinski definition) is 3. The average Bonchev–Trinajstić information content (AvgIpc) is 2.36. The molecule has 0 amide bonds. The van der Waals surface area contributed by atoms with Crippen LogP contribution in [0, 0.1) is 20.8 Å². The largest absolute Gasteiger partial charge is 0.355 e. The molecule has 100 valence electrons. The van der Waals surface area contributed by atoms with Gasteiger partial charge < -0.3 is 10.5 Å². The molecule has 0 aromatic heterocycles. The van der Waals surface area contributed by atoms with Crippen LogP contribution in [0.2, 0.25) is 0 Å². The van der Waals surface area contributed by atoms with E-state index in [4.69, 9.17) is 5.21 Å². The second kappa shape index (κ2) is 5.87. The van der Waals surface area contributed by atoms with Crippen LogP contribution in [-0.4, -0.2) is 5.21 Å². The maximum atomic E-state index is 8.66. The fraction of sp³-hybridized carbons (Fsp3) is 0.250. The molecule has 0 saturated heterocycles. The quantitative estimate of drug-likeness (QED) is 0.728. The van der Waals surface area contributed by atoms with Gasteiger partial charge in [-0.1, -0.05) is 29.8 Å². The summed E-state index contributed by atoms with van der Waals surface area (Å²) in [5.74, 6) is 0. The van der Waals surface area contributed by atoms with Crippen molar-refractivity contribution in [3.05, 3.63) is 58.7 Å². The first kappa shape index (κ1) is 13.6. The molecular formula is C16H20N2O. The molecule has 0 radical (unpaired) electrons. The molecule has 0 saturated carbocycles. The zero-order chi connectivity index (χ0) is 13.8. The van der Waals surface area contributed by atoms with Crippen molar-refractivity contribution in [3.8, 4) is 0 Å². The highest BCUT2D eigenvalue weighted by Crippen LogP contribution is 2.25. The lowest BCUT2D eigenvalue weighted by Gasteiger charge is -2.14. The fourth-order valence-electron chi connectivity index (χ4n) is 2.32. The summed E-state index contributed by atoms with van der Waals surface area (Å²) in [7, 11) is 0. The highest BCUT2D eigenvalue weighted by Gasteiger charge is 2.04. The van der Waals surface area contributed by atoms with Crippen molar-refractivity contribution in [1.82, 2.24) is 5.48 Å². The first-order chi connectivity index (χ1) is 9.10. The third-order valence-corrected chi connectivity index (χ3v) is 3.18. The topological polar surface area (TPSA) is 44.3 Å². The number of nitrogens with one attached hydrogen (secondary N) is 2. The second-order valence-electron chi connectivity index (χ2n) is 4.93. The maximum Gasteiger partial charge on any atom is 0.0458 e. The van der Waals surface area contributed by atoms with Gasteiger partial charge in [-0.2, -0.15) is 0 Å². The van der Waals surface area contributed by atoms with E-state index in [9.17, 15) is 0 Å². The minimum absolute atomic E-state index is 0.461. The molecule has 3 heteroatoms. The normalized spacial score (nSPS) is 10.5. The van der Waals surface area contributed by atoms with Gasteiger partial charge in [0.2, 0.25) is 0 Å². The van der Waals surface area contributed by atoms with Crippen molar-refractivity contribution in [2.45, 2.75) is 27.3 Å². The van der Waals surface area contributed by atoms with Crippen LogP contribution in [0.15, 0.2) is 36.4 Å². The molecule has 2 aromatic carbocycles. The van der Waals surface area contributed by atoms with Crippen molar-refractivity contribution < 1.29 is 5.21 Å². The lowest BCUT2D eigenvalue weighted by molar-refractivity contribution is 0.161. The van der Waals surface area contributed by atoms with E-state index in [1.165, 1.54) is 22.4 Å². The predicted octanol–water partition coefficient (Wildman–Crippen LogP) is 3.83. The summed E-state index contributed by atoms with van der Waals surface area (Å²) in [4.78, 5) is 0. The molecule has 0 atom stereocenters. The summed E-state index contributed by atoms with van der Waals surface area (Å²) in [6.45, 7) is 6.81. The van der Waals surface area contributed by atoms with E-state index in [0.717, 1.165) is 11.3 Å². The van der Waals surface area contributed by atoms with Gasteiger partial charge in [0.15, 0.2) is 0 Å². The second-order valence-corrected chi connectivity index (χ2v) is 4.93. The molecule has 0 heterocycles. The molecular weight excluding hydrogens is 236 g/mol. The first-order valence-corrected chi connectivity index (χ1v) is 6.41. The molecule has 2 aromatic rings. The number of hydroxylamine groups is 1. The van der Waals surface area contributed by atoms with Gasteiger partial charge >= 0.3 is 0 Å². The van der Waals surface area contributed by atoms with Crippen LogP contribution in [0.4, 0.5) is 11.4 Å². The van der Waals surface area contributed by atoms with Crippen molar-refractivity contribution in [1.29, 1.82) is 0 Å².